The highest BCUT2D eigenvalue weighted by atomic mass is 16.5. The first-order valence-electron chi connectivity index (χ1n) is 10.2. The van der Waals surface area contributed by atoms with E-state index in [4.69, 9.17) is 18.9 Å². The van der Waals surface area contributed by atoms with Crippen molar-refractivity contribution in [1.82, 2.24) is 10.3 Å². The fourth-order valence-electron chi connectivity index (χ4n) is 3.37. The number of nitrogens with zero attached hydrogens (tertiary/aromatic N) is 1. The van der Waals surface area contributed by atoms with Gasteiger partial charge in [0.25, 0.3) is 0 Å². The van der Waals surface area contributed by atoms with E-state index in [1.54, 1.807) is 27.5 Å². The van der Waals surface area contributed by atoms with E-state index < -0.39 is 0 Å². The molecule has 0 aliphatic heterocycles. The van der Waals surface area contributed by atoms with Crippen molar-refractivity contribution < 1.29 is 23.7 Å². The van der Waals surface area contributed by atoms with Crippen LogP contribution in [0.3, 0.4) is 0 Å². The van der Waals surface area contributed by atoms with Gasteiger partial charge in [0, 0.05) is 24.5 Å². The van der Waals surface area contributed by atoms with Gasteiger partial charge in [0.1, 0.15) is 11.3 Å². The number of aryl methyl sites for hydroxylation is 1. The normalized spacial score (nSPS) is 10.5. The zero-order valence-electron chi connectivity index (χ0n) is 18.1. The van der Waals surface area contributed by atoms with Crippen LogP contribution in [0.4, 0.5) is 0 Å². The molecule has 3 rings (SSSR count). The average Bonchev–Trinajstić information content (AvgIpc) is 2.81. The summed E-state index contributed by atoms with van der Waals surface area (Å²) < 4.78 is 22.0. The zero-order valence-corrected chi connectivity index (χ0v) is 18.1. The average molecular weight is 424 g/mol. The van der Waals surface area contributed by atoms with Crippen molar-refractivity contribution >= 4 is 16.8 Å². The number of benzene rings is 2. The fourth-order valence-corrected chi connectivity index (χ4v) is 3.37. The van der Waals surface area contributed by atoms with Gasteiger partial charge in [-0.1, -0.05) is 24.3 Å². The maximum absolute atomic E-state index is 12.2. The van der Waals surface area contributed by atoms with Crippen LogP contribution in [-0.2, 0) is 11.2 Å². The minimum absolute atomic E-state index is 0.0244. The monoisotopic (exact) mass is 424 g/mol. The molecule has 0 aliphatic rings. The van der Waals surface area contributed by atoms with Crippen molar-refractivity contribution in [1.29, 1.82) is 0 Å². The number of rotatable bonds is 11. The molecule has 1 amide bonds. The second-order valence-electron chi connectivity index (χ2n) is 6.88. The van der Waals surface area contributed by atoms with Crippen molar-refractivity contribution in [2.75, 3.05) is 34.5 Å². The van der Waals surface area contributed by atoms with Gasteiger partial charge in [0.15, 0.2) is 11.5 Å². The highest BCUT2D eigenvalue weighted by molar-refractivity contribution is 5.84. The van der Waals surface area contributed by atoms with Gasteiger partial charge in [0.2, 0.25) is 11.7 Å². The topological polar surface area (TPSA) is 78.9 Å². The largest absolute Gasteiger partial charge is 0.493 e. The van der Waals surface area contributed by atoms with Crippen LogP contribution in [0.2, 0.25) is 0 Å². The van der Waals surface area contributed by atoms with Gasteiger partial charge in [-0.3, -0.25) is 9.78 Å². The third kappa shape index (κ3) is 5.57. The number of fused-ring (bicyclic) bond motifs is 1. The predicted octanol–water partition coefficient (Wildman–Crippen LogP) is 3.78. The number of hydrogen-bond donors (Lipinski definition) is 1. The molecule has 0 unspecified atom stereocenters. The van der Waals surface area contributed by atoms with E-state index in [0.29, 0.717) is 49.7 Å². The highest BCUT2D eigenvalue weighted by Crippen LogP contribution is 2.40. The number of amides is 1. The smallest absolute Gasteiger partial charge is 0.220 e. The van der Waals surface area contributed by atoms with Gasteiger partial charge >= 0.3 is 0 Å². The molecule has 0 spiro atoms. The van der Waals surface area contributed by atoms with Gasteiger partial charge in [-0.2, -0.15) is 0 Å². The van der Waals surface area contributed by atoms with Gasteiger partial charge in [0.05, 0.1) is 27.9 Å². The van der Waals surface area contributed by atoms with Crippen LogP contribution in [0.25, 0.3) is 10.9 Å². The second-order valence-corrected chi connectivity index (χ2v) is 6.88. The Kier molecular flexibility index (Phi) is 7.92. The molecule has 3 aromatic rings. The SMILES string of the molecule is COc1ccc(CCC(=O)NCCCOc2cccc3cccnc23)c(OC)c1OC. The Labute approximate surface area is 182 Å². The molecule has 1 N–H and O–H groups in total. The van der Waals surface area contributed by atoms with Crippen LogP contribution >= 0.6 is 0 Å². The molecule has 1 heterocycles. The molecule has 0 saturated heterocycles. The number of hydrogen-bond acceptors (Lipinski definition) is 6. The van der Waals surface area contributed by atoms with Gasteiger partial charge in [-0.15, -0.1) is 0 Å². The summed E-state index contributed by atoms with van der Waals surface area (Å²) in [4.78, 5) is 16.6. The van der Waals surface area contributed by atoms with Gasteiger partial charge in [-0.05, 0) is 36.6 Å². The Balaban J connectivity index is 1.44. The molecule has 7 nitrogen and oxygen atoms in total. The number of pyridine rings is 1. The van der Waals surface area contributed by atoms with E-state index in [-0.39, 0.29) is 5.91 Å². The van der Waals surface area contributed by atoms with Crippen molar-refractivity contribution in [2.45, 2.75) is 19.3 Å². The zero-order chi connectivity index (χ0) is 22.1. The van der Waals surface area contributed by atoms with Crippen LogP contribution < -0.4 is 24.3 Å². The molecule has 0 saturated carbocycles. The molecule has 7 heteroatoms. The van der Waals surface area contributed by atoms with Crippen LogP contribution in [0.1, 0.15) is 18.4 Å². The first-order valence-corrected chi connectivity index (χ1v) is 10.2. The van der Waals surface area contributed by atoms with Crippen LogP contribution in [0.15, 0.2) is 48.7 Å². The van der Waals surface area contributed by atoms with E-state index in [2.05, 4.69) is 10.3 Å². The fraction of sp³-hybridized carbons (Fsp3) is 0.333. The lowest BCUT2D eigenvalue weighted by Crippen LogP contribution is -2.25. The van der Waals surface area contributed by atoms with Gasteiger partial charge < -0.3 is 24.3 Å². The summed E-state index contributed by atoms with van der Waals surface area (Å²) in [7, 11) is 4.71. The summed E-state index contributed by atoms with van der Waals surface area (Å²) in [6, 6.07) is 13.5. The standard InChI is InChI=1S/C24H28N2O5/c1-28-20-12-10-18(23(29-2)24(20)30-3)11-13-21(27)25-15-6-16-31-19-9-4-7-17-8-5-14-26-22(17)19/h4-5,7-10,12,14H,6,11,13,15-16H2,1-3H3,(H,25,27). The number of carbonyl (C=O) groups excluding carboxylic acids is 1. The summed E-state index contributed by atoms with van der Waals surface area (Å²) in [6.45, 7) is 1.04. The lowest BCUT2D eigenvalue weighted by atomic mass is 10.1. The Morgan fingerprint density at radius 3 is 2.52 bits per heavy atom. The maximum Gasteiger partial charge on any atom is 0.220 e. The van der Waals surface area contributed by atoms with E-state index >= 15 is 0 Å². The van der Waals surface area contributed by atoms with Crippen LogP contribution in [-0.4, -0.2) is 45.4 Å². The number of carbonyl (C=O) groups is 1. The Hall–Kier alpha value is -3.48. The molecule has 31 heavy (non-hydrogen) atoms. The third-order valence-electron chi connectivity index (χ3n) is 4.90. The molecule has 0 fully saturated rings. The Bertz CT molecular complexity index is 1020. The third-order valence-corrected chi connectivity index (χ3v) is 4.90. The first-order chi connectivity index (χ1) is 15.2. The predicted molar refractivity (Wildman–Crippen MR) is 119 cm³/mol. The minimum Gasteiger partial charge on any atom is -0.493 e. The van der Waals surface area contributed by atoms with E-state index in [1.807, 2.05) is 42.5 Å². The van der Waals surface area contributed by atoms with Crippen molar-refractivity contribution in [2.24, 2.45) is 0 Å². The number of aromatic nitrogens is 1. The summed E-state index contributed by atoms with van der Waals surface area (Å²) in [5, 5.41) is 3.97. The van der Waals surface area contributed by atoms with Crippen molar-refractivity contribution in [3.63, 3.8) is 0 Å². The Morgan fingerprint density at radius 2 is 1.74 bits per heavy atom. The molecular weight excluding hydrogens is 396 g/mol. The number of methoxy groups -OCH3 is 3. The van der Waals surface area contributed by atoms with Crippen LogP contribution in [0.5, 0.6) is 23.0 Å². The summed E-state index contributed by atoms with van der Waals surface area (Å²) >= 11 is 0. The van der Waals surface area contributed by atoms with Crippen molar-refractivity contribution in [3.05, 3.63) is 54.2 Å². The quantitative estimate of drug-likeness (QED) is 0.472. The molecular formula is C24H28N2O5. The van der Waals surface area contributed by atoms with Crippen LogP contribution in [0, 0.1) is 0 Å². The van der Waals surface area contributed by atoms with E-state index in [9.17, 15) is 4.79 Å². The molecule has 164 valence electrons. The number of ether oxygens (including phenoxy) is 4. The Morgan fingerprint density at radius 1 is 0.935 bits per heavy atom. The molecule has 1 aromatic heterocycles. The van der Waals surface area contributed by atoms with E-state index in [1.165, 1.54) is 0 Å². The number of para-hydroxylation sites is 1. The summed E-state index contributed by atoms with van der Waals surface area (Å²) in [5.74, 6) is 2.44. The van der Waals surface area contributed by atoms with Crippen molar-refractivity contribution in [3.8, 4) is 23.0 Å². The number of nitrogens with one attached hydrogen (secondary N) is 1. The maximum atomic E-state index is 12.2. The molecule has 0 atom stereocenters. The lowest BCUT2D eigenvalue weighted by Gasteiger charge is -2.15. The summed E-state index contributed by atoms with van der Waals surface area (Å²) in [5.41, 5.74) is 1.74. The molecule has 0 aliphatic carbocycles. The lowest BCUT2D eigenvalue weighted by molar-refractivity contribution is -0.121. The summed E-state index contributed by atoms with van der Waals surface area (Å²) in [6.07, 6.45) is 3.34. The first kappa shape index (κ1) is 22.2. The molecule has 2 aromatic carbocycles. The van der Waals surface area contributed by atoms with Gasteiger partial charge in [-0.25, -0.2) is 0 Å². The minimum atomic E-state index is -0.0244. The molecule has 0 radical (unpaired) electrons. The highest BCUT2D eigenvalue weighted by Gasteiger charge is 2.16. The van der Waals surface area contributed by atoms with E-state index in [0.717, 1.165) is 22.2 Å². The second kappa shape index (κ2) is 11.1. The molecule has 0 bridgehead atoms.